The number of hydrogen-bond acceptors (Lipinski definition) is 2. The Morgan fingerprint density at radius 1 is 1.32 bits per heavy atom. The summed E-state index contributed by atoms with van der Waals surface area (Å²) in [4.78, 5) is 11.6. The van der Waals surface area contributed by atoms with E-state index in [0.717, 1.165) is 16.7 Å². The van der Waals surface area contributed by atoms with Crippen molar-refractivity contribution in [3.05, 3.63) is 60.4 Å². The Kier molecular flexibility index (Phi) is 4.18. The van der Waals surface area contributed by atoms with Crippen LogP contribution in [0.3, 0.4) is 0 Å². The molecule has 0 saturated carbocycles. The number of para-hydroxylation sites is 1. The summed E-state index contributed by atoms with van der Waals surface area (Å²) in [5, 5.41) is 3.91. The minimum atomic E-state index is -0.157. The number of furan rings is 1. The highest BCUT2D eigenvalue weighted by Crippen LogP contribution is 2.23. The molecule has 2 aromatic rings. The standard InChI is InChI=1S/C16H17NO2/c1-3-4-5-10-16(18)17-12(2)15-11-13-8-6-7-9-14(13)19-15/h3-12H,1-2H3,(H,17,18)/b4-3+,10-5+. The van der Waals surface area contributed by atoms with Gasteiger partial charge >= 0.3 is 0 Å². The summed E-state index contributed by atoms with van der Waals surface area (Å²) in [6.45, 7) is 3.80. The fourth-order valence-corrected chi connectivity index (χ4v) is 1.80. The molecular formula is C16H17NO2. The Balaban J connectivity index is 2.07. The molecule has 0 aliphatic heterocycles. The SMILES string of the molecule is C/C=C/C=C/C(=O)NC(C)c1cc2ccccc2o1. The lowest BCUT2D eigenvalue weighted by Gasteiger charge is -2.08. The summed E-state index contributed by atoms with van der Waals surface area (Å²) < 4.78 is 5.70. The first-order valence-electron chi connectivity index (χ1n) is 6.29. The fraction of sp³-hybridized carbons (Fsp3) is 0.188. The van der Waals surface area contributed by atoms with Gasteiger partial charge in [0.2, 0.25) is 5.91 Å². The summed E-state index contributed by atoms with van der Waals surface area (Å²) in [7, 11) is 0. The molecule has 1 heterocycles. The molecule has 19 heavy (non-hydrogen) atoms. The predicted octanol–water partition coefficient (Wildman–Crippen LogP) is 3.74. The third-order valence-corrected chi connectivity index (χ3v) is 2.78. The highest BCUT2D eigenvalue weighted by molar-refractivity contribution is 5.88. The van der Waals surface area contributed by atoms with Crippen LogP contribution in [0.4, 0.5) is 0 Å². The predicted molar refractivity (Wildman–Crippen MR) is 76.7 cm³/mol. The molecule has 0 aliphatic carbocycles. The lowest BCUT2D eigenvalue weighted by molar-refractivity contribution is -0.117. The number of allylic oxidation sites excluding steroid dienone is 3. The molecule has 0 saturated heterocycles. The van der Waals surface area contributed by atoms with E-state index < -0.39 is 0 Å². The van der Waals surface area contributed by atoms with Crippen molar-refractivity contribution >= 4 is 16.9 Å². The van der Waals surface area contributed by atoms with Crippen molar-refractivity contribution in [3.8, 4) is 0 Å². The van der Waals surface area contributed by atoms with E-state index in [1.807, 2.05) is 56.3 Å². The first-order chi connectivity index (χ1) is 9.20. The Labute approximate surface area is 112 Å². The second-order valence-electron chi connectivity index (χ2n) is 4.30. The molecule has 0 bridgehead atoms. The van der Waals surface area contributed by atoms with Crippen molar-refractivity contribution in [2.24, 2.45) is 0 Å². The zero-order chi connectivity index (χ0) is 13.7. The fourth-order valence-electron chi connectivity index (χ4n) is 1.80. The molecule has 1 aromatic heterocycles. The molecule has 0 fully saturated rings. The van der Waals surface area contributed by atoms with Gasteiger partial charge in [0.1, 0.15) is 11.3 Å². The number of fused-ring (bicyclic) bond motifs is 1. The topological polar surface area (TPSA) is 42.2 Å². The van der Waals surface area contributed by atoms with Gasteiger partial charge in [0.15, 0.2) is 0 Å². The Morgan fingerprint density at radius 2 is 2.11 bits per heavy atom. The van der Waals surface area contributed by atoms with Crippen LogP contribution in [0.25, 0.3) is 11.0 Å². The lowest BCUT2D eigenvalue weighted by atomic mass is 10.2. The van der Waals surface area contributed by atoms with Crippen molar-refractivity contribution in [1.29, 1.82) is 0 Å². The molecular weight excluding hydrogens is 238 g/mol. The van der Waals surface area contributed by atoms with E-state index in [9.17, 15) is 4.79 Å². The largest absolute Gasteiger partial charge is 0.459 e. The molecule has 0 radical (unpaired) electrons. The van der Waals surface area contributed by atoms with Gasteiger partial charge in [-0.15, -0.1) is 0 Å². The van der Waals surface area contributed by atoms with Crippen LogP contribution in [-0.2, 0) is 4.79 Å². The summed E-state index contributed by atoms with van der Waals surface area (Å²) in [5.41, 5.74) is 0.836. The number of nitrogens with one attached hydrogen (secondary N) is 1. The van der Waals surface area contributed by atoms with E-state index >= 15 is 0 Å². The van der Waals surface area contributed by atoms with Gasteiger partial charge in [-0.2, -0.15) is 0 Å². The van der Waals surface area contributed by atoms with E-state index in [0.29, 0.717) is 0 Å². The van der Waals surface area contributed by atoms with Gasteiger partial charge in [-0.05, 0) is 26.0 Å². The summed E-state index contributed by atoms with van der Waals surface area (Å²) in [6.07, 6.45) is 6.89. The number of hydrogen-bond donors (Lipinski definition) is 1. The molecule has 1 N–H and O–H groups in total. The van der Waals surface area contributed by atoms with Crippen LogP contribution in [0.1, 0.15) is 25.6 Å². The Hall–Kier alpha value is -2.29. The molecule has 2 rings (SSSR count). The molecule has 1 atom stereocenters. The van der Waals surface area contributed by atoms with Crippen LogP contribution in [0.15, 0.2) is 59.1 Å². The summed E-state index contributed by atoms with van der Waals surface area (Å²) >= 11 is 0. The highest BCUT2D eigenvalue weighted by Gasteiger charge is 2.12. The monoisotopic (exact) mass is 255 g/mol. The summed E-state index contributed by atoms with van der Waals surface area (Å²) in [5.74, 6) is 0.625. The lowest BCUT2D eigenvalue weighted by Crippen LogP contribution is -2.24. The van der Waals surface area contributed by atoms with Gasteiger partial charge in [-0.3, -0.25) is 4.79 Å². The number of rotatable bonds is 4. The molecule has 1 aromatic carbocycles. The number of carbonyl (C=O) groups is 1. The minimum Gasteiger partial charge on any atom is -0.459 e. The van der Waals surface area contributed by atoms with E-state index in [4.69, 9.17) is 4.42 Å². The molecule has 3 nitrogen and oxygen atoms in total. The van der Waals surface area contributed by atoms with Gasteiger partial charge in [0.25, 0.3) is 0 Å². The van der Waals surface area contributed by atoms with Gasteiger partial charge in [-0.1, -0.05) is 36.4 Å². The zero-order valence-electron chi connectivity index (χ0n) is 11.1. The smallest absolute Gasteiger partial charge is 0.244 e. The van der Waals surface area contributed by atoms with Crippen molar-refractivity contribution in [2.45, 2.75) is 19.9 Å². The van der Waals surface area contributed by atoms with Crippen LogP contribution < -0.4 is 5.32 Å². The van der Waals surface area contributed by atoms with Crippen LogP contribution in [0.2, 0.25) is 0 Å². The third-order valence-electron chi connectivity index (χ3n) is 2.78. The van der Waals surface area contributed by atoms with E-state index in [2.05, 4.69) is 5.32 Å². The maximum atomic E-state index is 11.6. The van der Waals surface area contributed by atoms with Gasteiger partial charge < -0.3 is 9.73 Å². The molecule has 0 aliphatic rings. The van der Waals surface area contributed by atoms with Crippen LogP contribution in [0.5, 0.6) is 0 Å². The molecule has 98 valence electrons. The highest BCUT2D eigenvalue weighted by atomic mass is 16.3. The van der Waals surface area contributed by atoms with E-state index in [1.54, 1.807) is 6.08 Å². The van der Waals surface area contributed by atoms with Crippen LogP contribution in [0, 0.1) is 0 Å². The van der Waals surface area contributed by atoms with Crippen molar-refractivity contribution in [1.82, 2.24) is 5.32 Å². The molecule has 1 amide bonds. The van der Waals surface area contributed by atoms with Crippen molar-refractivity contribution in [3.63, 3.8) is 0 Å². The minimum absolute atomic E-state index is 0.133. The van der Waals surface area contributed by atoms with Crippen molar-refractivity contribution < 1.29 is 9.21 Å². The van der Waals surface area contributed by atoms with Crippen molar-refractivity contribution in [2.75, 3.05) is 0 Å². The molecule has 1 unspecified atom stereocenters. The number of carbonyl (C=O) groups excluding carboxylic acids is 1. The average Bonchev–Trinajstić information content (AvgIpc) is 2.83. The number of benzene rings is 1. The normalized spacial score (nSPS) is 13.4. The quantitative estimate of drug-likeness (QED) is 0.668. The van der Waals surface area contributed by atoms with Gasteiger partial charge in [0, 0.05) is 11.5 Å². The molecule has 0 spiro atoms. The number of amides is 1. The first-order valence-corrected chi connectivity index (χ1v) is 6.29. The maximum absolute atomic E-state index is 11.6. The van der Waals surface area contributed by atoms with E-state index in [-0.39, 0.29) is 11.9 Å². The second-order valence-corrected chi connectivity index (χ2v) is 4.30. The Morgan fingerprint density at radius 3 is 2.84 bits per heavy atom. The third kappa shape index (κ3) is 3.35. The second kappa shape index (κ2) is 6.05. The first kappa shape index (κ1) is 13.1. The maximum Gasteiger partial charge on any atom is 0.244 e. The zero-order valence-corrected chi connectivity index (χ0v) is 11.1. The van der Waals surface area contributed by atoms with Crippen LogP contribution >= 0.6 is 0 Å². The average molecular weight is 255 g/mol. The Bertz CT molecular complexity index is 589. The van der Waals surface area contributed by atoms with Gasteiger partial charge in [-0.25, -0.2) is 0 Å². The van der Waals surface area contributed by atoms with Gasteiger partial charge in [0.05, 0.1) is 6.04 Å². The van der Waals surface area contributed by atoms with E-state index in [1.165, 1.54) is 6.08 Å². The van der Waals surface area contributed by atoms with Crippen LogP contribution in [-0.4, -0.2) is 5.91 Å². The molecule has 3 heteroatoms. The summed E-state index contributed by atoms with van der Waals surface area (Å²) in [6, 6.07) is 9.59.